The van der Waals surface area contributed by atoms with Crippen LogP contribution in [0.1, 0.15) is 12.6 Å². The van der Waals surface area contributed by atoms with Crippen LogP contribution in [0, 0.1) is 18.8 Å². The summed E-state index contributed by atoms with van der Waals surface area (Å²) in [6, 6.07) is 3.80. The molecule has 0 aromatic carbocycles. The number of anilines is 1. The topological polar surface area (TPSA) is 37.8 Å². The van der Waals surface area contributed by atoms with Crippen molar-refractivity contribution in [3.05, 3.63) is 17.8 Å². The first-order valence-corrected chi connectivity index (χ1v) is 3.77. The van der Waals surface area contributed by atoms with Gasteiger partial charge in [-0.1, -0.05) is 5.92 Å². The van der Waals surface area contributed by atoms with Crippen molar-refractivity contribution in [3.8, 4) is 11.8 Å². The zero-order valence-corrected chi connectivity index (χ0v) is 7.26. The van der Waals surface area contributed by atoms with E-state index >= 15 is 0 Å². The van der Waals surface area contributed by atoms with E-state index in [-0.39, 0.29) is 0 Å². The van der Waals surface area contributed by atoms with Gasteiger partial charge in [-0.2, -0.15) is 5.10 Å². The highest BCUT2D eigenvalue weighted by Crippen LogP contribution is 1.99. The quantitative estimate of drug-likeness (QED) is 0.663. The standard InChI is InChI=1S/C9H11N3/c1-3-4-7-10-9-6-5-8(2)11-12-9/h5-6H,7H2,1-2H3,(H,10,12). The Morgan fingerprint density at radius 2 is 2.25 bits per heavy atom. The highest BCUT2D eigenvalue weighted by Gasteiger charge is 1.90. The Bertz CT molecular complexity index is 292. The van der Waals surface area contributed by atoms with Gasteiger partial charge in [0.1, 0.15) is 5.82 Å². The van der Waals surface area contributed by atoms with Crippen molar-refractivity contribution in [2.75, 3.05) is 11.9 Å². The van der Waals surface area contributed by atoms with Gasteiger partial charge in [0.15, 0.2) is 0 Å². The third-order valence-corrected chi connectivity index (χ3v) is 1.33. The normalized spacial score (nSPS) is 8.50. The van der Waals surface area contributed by atoms with Crippen molar-refractivity contribution in [1.82, 2.24) is 10.2 Å². The van der Waals surface area contributed by atoms with E-state index in [1.54, 1.807) is 0 Å². The first-order valence-electron chi connectivity index (χ1n) is 3.77. The second-order valence-corrected chi connectivity index (χ2v) is 2.34. The molecule has 3 nitrogen and oxygen atoms in total. The largest absolute Gasteiger partial charge is 0.358 e. The van der Waals surface area contributed by atoms with E-state index in [0.717, 1.165) is 11.5 Å². The molecule has 1 aromatic rings. The summed E-state index contributed by atoms with van der Waals surface area (Å²) in [5.41, 5.74) is 0.919. The van der Waals surface area contributed by atoms with Gasteiger partial charge in [0, 0.05) is 0 Å². The Kier molecular flexibility index (Phi) is 3.09. The highest BCUT2D eigenvalue weighted by molar-refractivity contribution is 5.34. The third-order valence-electron chi connectivity index (χ3n) is 1.33. The van der Waals surface area contributed by atoms with Crippen molar-refractivity contribution < 1.29 is 0 Å². The summed E-state index contributed by atoms with van der Waals surface area (Å²) in [5, 5.41) is 10.8. The van der Waals surface area contributed by atoms with E-state index in [4.69, 9.17) is 0 Å². The molecule has 0 unspecified atom stereocenters. The van der Waals surface area contributed by atoms with E-state index < -0.39 is 0 Å². The summed E-state index contributed by atoms with van der Waals surface area (Å²) < 4.78 is 0. The van der Waals surface area contributed by atoms with Crippen LogP contribution < -0.4 is 5.32 Å². The van der Waals surface area contributed by atoms with Crippen LogP contribution in [0.25, 0.3) is 0 Å². The second-order valence-electron chi connectivity index (χ2n) is 2.34. The smallest absolute Gasteiger partial charge is 0.149 e. The molecule has 0 atom stereocenters. The summed E-state index contributed by atoms with van der Waals surface area (Å²) in [7, 11) is 0. The van der Waals surface area contributed by atoms with Crippen molar-refractivity contribution in [1.29, 1.82) is 0 Å². The Labute approximate surface area is 72.2 Å². The van der Waals surface area contributed by atoms with Gasteiger partial charge in [0.05, 0.1) is 12.2 Å². The van der Waals surface area contributed by atoms with Gasteiger partial charge in [-0.15, -0.1) is 11.0 Å². The molecule has 1 rings (SSSR count). The van der Waals surface area contributed by atoms with Gasteiger partial charge in [-0.05, 0) is 26.0 Å². The van der Waals surface area contributed by atoms with Gasteiger partial charge in [-0.3, -0.25) is 0 Å². The van der Waals surface area contributed by atoms with Crippen molar-refractivity contribution >= 4 is 5.82 Å². The molecule has 0 spiro atoms. The molecule has 12 heavy (non-hydrogen) atoms. The fraction of sp³-hybridized carbons (Fsp3) is 0.333. The molecular weight excluding hydrogens is 150 g/mol. The minimum absolute atomic E-state index is 0.619. The maximum atomic E-state index is 3.92. The number of nitrogens with one attached hydrogen (secondary N) is 1. The van der Waals surface area contributed by atoms with E-state index in [0.29, 0.717) is 6.54 Å². The zero-order valence-electron chi connectivity index (χ0n) is 7.26. The molecule has 0 fully saturated rings. The second kappa shape index (κ2) is 4.35. The maximum Gasteiger partial charge on any atom is 0.149 e. The average Bonchev–Trinajstić information content (AvgIpc) is 2.09. The van der Waals surface area contributed by atoms with Crippen LogP contribution in [0.5, 0.6) is 0 Å². The predicted molar refractivity (Wildman–Crippen MR) is 48.7 cm³/mol. The fourth-order valence-electron chi connectivity index (χ4n) is 0.716. The Morgan fingerprint density at radius 1 is 1.42 bits per heavy atom. The van der Waals surface area contributed by atoms with Gasteiger partial charge >= 0.3 is 0 Å². The van der Waals surface area contributed by atoms with Crippen LogP contribution in [0.3, 0.4) is 0 Å². The first kappa shape index (κ1) is 8.54. The lowest BCUT2D eigenvalue weighted by molar-refractivity contribution is 0.978. The van der Waals surface area contributed by atoms with Crippen LogP contribution in [0.4, 0.5) is 5.82 Å². The molecule has 0 bridgehead atoms. The van der Waals surface area contributed by atoms with Crippen LogP contribution in [-0.4, -0.2) is 16.7 Å². The van der Waals surface area contributed by atoms with E-state index in [9.17, 15) is 0 Å². The van der Waals surface area contributed by atoms with Crippen molar-refractivity contribution in [2.24, 2.45) is 0 Å². The summed E-state index contributed by atoms with van der Waals surface area (Å²) in [4.78, 5) is 0. The van der Waals surface area contributed by atoms with Crippen LogP contribution in [0.2, 0.25) is 0 Å². The van der Waals surface area contributed by atoms with Gasteiger partial charge in [0.2, 0.25) is 0 Å². The Hall–Kier alpha value is -1.56. The third kappa shape index (κ3) is 2.59. The molecule has 3 heteroatoms. The van der Waals surface area contributed by atoms with Crippen molar-refractivity contribution in [2.45, 2.75) is 13.8 Å². The summed E-state index contributed by atoms with van der Waals surface area (Å²) >= 11 is 0. The van der Waals surface area contributed by atoms with E-state index in [1.165, 1.54) is 0 Å². The maximum absolute atomic E-state index is 3.92. The zero-order chi connectivity index (χ0) is 8.81. The highest BCUT2D eigenvalue weighted by atomic mass is 15.2. The van der Waals surface area contributed by atoms with Crippen LogP contribution in [0.15, 0.2) is 12.1 Å². The summed E-state index contributed by atoms with van der Waals surface area (Å²) in [5.74, 6) is 6.44. The van der Waals surface area contributed by atoms with E-state index in [2.05, 4.69) is 27.4 Å². The fourth-order valence-corrected chi connectivity index (χ4v) is 0.716. The SMILES string of the molecule is CC#CCNc1ccc(C)nn1. The molecular formula is C9H11N3. The minimum atomic E-state index is 0.619. The number of nitrogens with zero attached hydrogens (tertiary/aromatic N) is 2. The molecule has 1 N–H and O–H groups in total. The molecule has 1 aromatic heterocycles. The lowest BCUT2D eigenvalue weighted by atomic mass is 10.4. The molecule has 0 aliphatic heterocycles. The number of hydrogen-bond acceptors (Lipinski definition) is 3. The average molecular weight is 161 g/mol. The van der Waals surface area contributed by atoms with Gasteiger partial charge < -0.3 is 5.32 Å². The molecule has 0 saturated carbocycles. The Balaban J connectivity index is 2.51. The Morgan fingerprint density at radius 3 is 2.83 bits per heavy atom. The number of aryl methyl sites for hydroxylation is 1. The number of aromatic nitrogens is 2. The predicted octanol–water partition coefficient (Wildman–Crippen LogP) is 1.22. The molecule has 0 amide bonds. The van der Waals surface area contributed by atoms with Gasteiger partial charge in [-0.25, -0.2) is 0 Å². The molecule has 62 valence electrons. The lowest BCUT2D eigenvalue weighted by Crippen LogP contribution is -2.01. The number of hydrogen-bond donors (Lipinski definition) is 1. The molecule has 1 heterocycles. The molecule has 0 aliphatic carbocycles. The molecule has 0 radical (unpaired) electrons. The monoisotopic (exact) mass is 161 g/mol. The molecule has 0 saturated heterocycles. The minimum Gasteiger partial charge on any atom is -0.358 e. The summed E-state index contributed by atoms with van der Waals surface area (Å²) in [6.45, 7) is 4.33. The van der Waals surface area contributed by atoms with Crippen LogP contribution in [-0.2, 0) is 0 Å². The number of rotatable bonds is 2. The van der Waals surface area contributed by atoms with Gasteiger partial charge in [0.25, 0.3) is 0 Å². The van der Waals surface area contributed by atoms with Crippen LogP contribution >= 0.6 is 0 Å². The van der Waals surface area contributed by atoms with E-state index in [1.807, 2.05) is 26.0 Å². The summed E-state index contributed by atoms with van der Waals surface area (Å²) in [6.07, 6.45) is 0. The first-order chi connectivity index (χ1) is 5.83. The van der Waals surface area contributed by atoms with Crippen molar-refractivity contribution in [3.63, 3.8) is 0 Å². The lowest BCUT2D eigenvalue weighted by Gasteiger charge is -1.98. The molecule has 0 aliphatic rings.